The molecule has 1 aromatic heterocycles. The largest absolute Gasteiger partial charge is 0.487 e. The highest BCUT2D eigenvalue weighted by Gasteiger charge is 2.61. The zero-order valence-corrected chi connectivity index (χ0v) is 18.0. The van der Waals surface area contributed by atoms with Gasteiger partial charge in [0.15, 0.2) is 0 Å². The molecule has 0 amide bonds. The second-order valence-corrected chi connectivity index (χ2v) is 10.00. The summed E-state index contributed by atoms with van der Waals surface area (Å²) in [5, 5.41) is -0.407. The summed E-state index contributed by atoms with van der Waals surface area (Å²) in [6.45, 7) is 0.239. The van der Waals surface area contributed by atoms with Crippen LogP contribution in [0.3, 0.4) is 0 Å². The van der Waals surface area contributed by atoms with Crippen LogP contribution in [-0.2, 0) is 22.2 Å². The summed E-state index contributed by atoms with van der Waals surface area (Å²) >= 11 is 13.0. The SMILES string of the molecule is O=C1c2nccnc2C2(CC2)S(=O)C1c1c(Cl)ccc(Cl)c1OCc1ccccc1. The molecular formula is C22H16Cl2N2O3S. The van der Waals surface area contributed by atoms with Crippen LogP contribution in [0.25, 0.3) is 0 Å². The fourth-order valence-electron chi connectivity index (χ4n) is 3.85. The first-order valence-electron chi connectivity index (χ1n) is 9.44. The number of Topliss-reactive ketones (excluding diaryl/α,β-unsaturated/α-hetero) is 1. The standard InChI is InChI=1S/C22H16Cl2N2O3S/c23-14-6-7-15(24)19(29-12-13-4-2-1-3-5-13)16(14)20-18(27)17-21(26-11-10-25-17)22(8-9-22)30(20)28/h1-7,10-11,20H,8-9,12H2. The van der Waals surface area contributed by atoms with Gasteiger partial charge in [-0.1, -0.05) is 53.5 Å². The maximum atomic E-state index is 13.6. The third-order valence-corrected chi connectivity index (χ3v) is 8.36. The van der Waals surface area contributed by atoms with Crippen molar-refractivity contribution in [2.24, 2.45) is 0 Å². The van der Waals surface area contributed by atoms with E-state index in [4.69, 9.17) is 27.9 Å². The van der Waals surface area contributed by atoms with E-state index in [-0.39, 0.29) is 28.9 Å². The van der Waals surface area contributed by atoms with Crippen molar-refractivity contribution < 1.29 is 13.7 Å². The quantitative estimate of drug-likeness (QED) is 0.547. The summed E-state index contributed by atoms with van der Waals surface area (Å²) in [6, 6.07) is 12.8. The molecule has 1 aliphatic heterocycles. The van der Waals surface area contributed by atoms with E-state index in [2.05, 4.69) is 9.97 Å². The van der Waals surface area contributed by atoms with Crippen molar-refractivity contribution in [3.05, 3.63) is 87.4 Å². The highest BCUT2D eigenvalue weighted by Crippen LogP contribution is 2.59. The van der Waals surface area contributed by atoms with Crippen LogP contribution >= 0.6 is 23.2 Å². The number of hydrogen-bond acceptors (Lipinski definition) is 5. The molecule has 0 bridgehead atoms. The number of ketones is 1. The molecule has 1 fully saturated rings. The Labute approximate surface area is 185 Å². The van der Waals surface area contributed by atoms with Crippen molar-refractivity contribution in [1.82, 2.24) is 9.97 Å². The van der Waals surface area contributed by atoms with E-state index in [1.54, 1.807) is 12.1 Å². The molecule has 5 rings (SSSR count). The number of halogens is 2. The third-order valence-electron chi connectivity index (χ3n) is 5.49. The number of aromatic nitrogens is 2. The molecule has 5 nitrogen and oxygen atoms in total. The predicted molar refractivity (Wildman–Crippen MR) is 115 cm³/mol. The summed E-state index contributed by atoms with van der Waals surface area (Å²) in [6.07, 6.45) is 4.38. The minimum Gasteiger partial charge on any atom is -0.487 e. The topological polar surface area (TPSA) is 69.2 Å². The lowest BCUT2D eigenvalue weighted by Crippen LogP contribution is -2.36. The molecule has 2 aliphatic rings. The Balaban J connectivity index is 1.61. The van der Waals surface area contributed by atoms with Crippen LogP contribution in [0.1, 0.15) is 45.4 Å². The van der Waals surface area contributed by atoms with Crippen LogP contribution in [0.5, 0.6) is 5.75 Å². The number of fused-ring (bicyclic) bond motifs is 2. The van der Waals surface area contributed by atoms with Crippen molar-refractivity contribution in [2.45, 2.75) is 29.4 Å². The maximum Gasteiger partial charge on any atom is 0.203 e. The molecule has 2 heterocycles. The summed E-state index contributed by atoms with van der Waals surface area (Å²) in [7, 11) is -1.57. The molecule has 3 aromatic rings. The first-order chi connectivity index (χ1) is 14.5. The Morgan fingerprint density at radius 2 is 1.73 bits per heavy atom. The van der Waals surface area contributed by atoms with Crippen molar-refractivity contribution in [3.63, 3.8) is 0 Å². The van der Waals surface area contributed by atoms with Gasteiger partial charge in [0, 0.05) is 33.8 Å². The predicted octanol–water partition coefficient (Wildman–Crippen LogP) is 5.04. The van der Waals surface area contributed by atoms with Crippen molar-refractivity contribution >= 4 is 39.8 Å². The zero-order valence-electron chi connectivity index (χ0n) is 15.7. The summed E-state index contributed by atoms with van der Waals surface area (Å²) in [5.41, 5.74) is 2.07. The highest BCUT2D eigenvalue weighted by atomic mass is 35.5. The lowest BCUT2D eigenvalue weighted by Gasteiger charge is -2.30. The highest BCUT2D eigenvalue weighted by molar-refractivity contribution is 7.87. The van der Waals surface area contributed by atoms with Crippen molar-refractivity contribution in [1.29, 1.82) is 0 Å². The van der Waals surface area contributed by atoms with Gasteiger partial charge in [0.05, 0.1) is 15.5 Å². The van der Waals surface area contributed by atoms with Crippen LogP contribution in [-0.4, -0.2) is 20.0 Å². The lowest BCUT2D eigenvalue weighted by atomic mass is 10.0. The van der Waals surface area contributed by atoms with E-state index in [1.165, 1.54) is 12.4 Å². The molecule has 0 N–H and O–H groups in total. The molecule has 2 atom stereocenters. The van der Waals surface area contributed by atoms with Gasteiger partial charge in [-0.05, 0) is 30.5 Å². The van der Waals surface area contributed by atoms with E-state index in [0.717, 1.165) is 5.56 Å². The van der Waals surface area contributed by atoms with Gasteiger partial charge in [-0.15, -0.1) is 0 Å². The number of carbonyl (C=O) groups excluding carboxylic acids is 1. The molecule has 1 saturated carbocycles. The van der Waals surface area contributed by atoms with Gasteiger partial charge in [-0.25, -0.2) is 4.98 Å². The van der Waals surface area contributed by atoms with Crippen molar-refractivity contribution in [3.8, 4) is 5.75 Å². The lowest BCUT2D eigenvalue weighted by molar-refractivity contribution is 0.0976. The number of rotatable bonds is 4. The number of hydrogen-bond donors (Lipinski definition) is 0. The molecule has 0 saturated heterocycles. The molecule has 1 spiro atoms. The van der Waals surface area contributed by atoms with E-state index < -0.39 is 20.8 Å². The molecular weight excluding hydrogens is 443 g/mol. The molecule has 8 heteroatoms. The Hall–Kier alpha value is -2.28. The van der Waals surface area contributed by atoms with Gasteiger partial charge in [-0.2, -0.15) is 0 Å². The summed E-state index contributed by atoms with van der Waals surface area (Å²) in [4.78, 5) is 22.0. The van der Waals surface area contributed by atoms with E-state index in [9.17, 15) is 9.00 Å². The molecule has 30 heavy (non-hydrogen) atoms. The number of nitrogens with zero attached hydrogens (tertiary/aromatic N) is 2. The fraction of sp³-hybridized carbons (Fsp3) is 0.227. The average molecular weight is 459 g/mol. The van der Waals surface area contributed by atoms with Crippen LogP contribution in [0.2, 0.25) is 10.0 Å². The van der Waals surface area contributed by atoms with Gasteiger partial charge in [-0.3, -0.25) is 14.0 Å². The minimum atomic E-state index is -1.57. The second kappa shape index (κ2) is 7.45. The molecule has 152 valence electrons. The first kappa shape index (κ1) is 19.7. The Bertz CT molecular complexity index is 1180. The van der Waals surface area contributed by atoms with Gasteiger partial charge in [0.2, 0.25) is 5.78 Å². The van der Waals surface area contributed by atoms with Crippen LogP contribution in [0, 0.1) is 0 Å². The monoisotopic (exact) mass is 458 g/mol. The molecule has 1 aliphatic carbocycles. The van der Waals surface area contributed by atoms with Crippen molar-refractivity contribution in [2.75, 3.05) is 0 Å². The third kappa shape index (κ3) is 3.06. The first-order valence-corrected chi connectivity index (χ1v) is 11.4. The summed E-state index contributed by atoms with van der Waals surface area (Å²) < 4.78 is 19.0. The molecule has 2 aromatic carbocycles. The van der Waals surface area contributed by atoms with Gasteiger partial charge < -0.3 is 4.74 Å². The van der Waals surface area contributed by atoms with E-state index in [1.807, 2.05) is 30.3 Å². The Kier molecular flexibility index (Phi) is 4.88. The minimum absolute atomic E-state index is 0.239. The molecule has 0 radical (unpaired) electrons. The average Bonchev–Trinajstić information content (AvgIpc) is 3.57. The molecule has 2 unspecified atom stereocenters. The zero-order chi connectivity index (χ0) is 20.9. The fourth-order valence-corrected chi connectivity index (χ4v) is 6.44. The Morgan fingerprint density at radius 3 is 2.47 bits per heavy atom. The van der Waals surface area contributed by atoms with Gasteiger partial charge in [0.25, 0.3) is 0 Å². The van der Waals surface area contributed by atoms with Gasteiger partial charge in [0.1, 0.15) is 23.3 Å². The second-order valence-electron chi connectivity index (χ2n) is 7.34. The normalized spacial score (nSPS) is 21.3. The number of ether oxygens (including phenoxy) is 1. The summed E-state index contributed by atoms with van der Waals surface area (Å²) in [5.74, 6) is -0.0921. The van der Waals surface area contributed by atoms with Crippen LogP contribution < -0.4 is 4.74 Å². The number of carbonyl (C=O) groups is 1. The smallest absolute Gasteiger partial charge is 0.203 e. The van der Waals surface area contributed by atoms with Crippen LogP contribution in [0.15, 0.2) is 54.9 Å². The number of benzene rings is 2. The van der Waals surface area contributed by atoms with E-state index in [0.29, 0.717) is 29.1 Å². The van der Waals surface area contributed by atoms with Gasteiger partial charge >= 0.3 is 0 Å². The maximum absolute atomic E-state index is 13.6. The Morgan fingerprint density at radius 1 is 1.03 bits per heavy atom. The van der Waals surface area contributed by atoms with Crippen LogP contribution in [0.4, 0.5) is 0 Å². The van der Waals surface area contributed by atoms with E-state index >= 15 is 0 Å².